The lowest BCUT2D eigenvalue weighted by Crippen LogP contribution is -2.43. The smallest absolute Gasteiger partial charge is 0.248 e. The molecule has 4 aromatic rings. The Hall–Kier alpha value is -4.18. The highest BCUT2D eigenvalue weighted by Gasteiger charge is 2.23. The van der Waals surface area contributed by atoms with Crippen LogP contribution in [-0.2, 0) is 0 Å². The molecule has 1 aromatic carbocycles. The number of aromatic nitrogens is 3. The van der Waals surface area contributed by atoms with Gasteiger partial charge in [-0.1, -0.05) is 0 Å². The van der Waals surface area contributed by atoms with Crippen LogP contribution in [0.15, 0.2) is 48.8 Å². The van der Waals surface area contributed by atoms with E-state index in [1.807, 2.05) is 4.90 Å². The number of pyridine rings is 3. The molecule has 8 nitrogen and oxygen atoms in total. The van der Waals surface area contributed by atoms with Crippen molar-refractivity contribution in [2.75, 3.05) is 23.7 Å². The first-order chi connectivity index (χ1) is 16.8. The second-order valence-corrected chi connectivity index (χ2v) is 8.58. The molecule has 10 heteroatoms. The minimum Gasteiger partial charge on any atom is -0.397 e. The lowest BCUT2D eigenvalue weighted by molar-refractivity contribution is 0.100. The molecule has 0 spiro atoms. The van der Waals surface area contributed by atoms with Gasteiger partial charge in [-0.25, -0.2) is 13.8 Å². The zero-order valence-corrected chi connectivity index (χ0v) is 18.7. The van der Waals surface area contributed by atoms with Crippen molar-refractivity contribution < 1.29 is 13.6 Å². The molecule has 1 fully saturated rings. The Balaban J connectivity index is 1.64. The highest BCUT2D eigenvalue weighted by Crippen LogP contribution is 2.34. The second-order valence-electron chi connectivity index (χ2n) is 8.58. The number of nitrogen functional groups attached to an aromatic ring is 1. The van der Waals surface area contributed by atoms with Gasteiger partial charge < -0.3 is 22.1 Å². The summed E-state index contributed by atoms with van der Waals surface area (Å²) in [5.41, 5.74) is 20.1. The number of nitrogens with two attached hydrogens (primary N) is 3. The Morgan fingerprint density at radius 3 is 2.63 bits per heavy atom. The molecule has 1 saturated heterocycles. The topological polar surface area (TPSA) is 137 Å². The molecule has 0 radical (unpaired) electrons. The molecule has 1 atom stereocenters. The van der Waals surface area contributed by atoms with Crippen molar-refractivity contribution in [1.29, 1.82) is 0 Å². The average molecular weight is 476 g/mol. The maximum absolute atomic E-state index is 15.0. The van der Waals surface area contributed by atoms with Gasteiger partial charge in [-0.2, -0.15) is 0 Å². The Kier molecular flexibility index (Phi) is 5.73. The van der Waals surface area contributed by atoms with Crippen LogP contribution in [0.1, 0.15) is 23.2 Å². The molecule has 35 heavy (non-hydrogen) atoms. The fourth-order valence-corrected chi connectivity index (χ4v) is 4.42. The first-order valence-corrected chi connectivity index (χ1v) is 11.1. The largest absolute Gasteiger partial charge is 0.397 e. The predicted molar refractivity (Wildman–Crippen MR) is 130 cm³/mol. The van der Waals surface area contributed by atoms with Crippen LogP contribution in [0, 0.1) is 11.6 Å². The first-order valence-electron chi connectivity index (χ1n) is 11.1. The number of primary amides is 1. The van der Waals surface area contributed by atoms with Gasteiger partial charge in [0, 0.05) is 35.6 Å². The van der Waals surface area contributed by atoms with Crippen LogP contribution in [0.25, 0.3) is 33.5 Å². The van der Waals surface area contributed by atoms with E-state index in [-0.39, 0.29) is 22.9 Å². The third-order valence-corrected chi connectivity index (χ3v) is 6.15. The molecule has 1 unspecified atom stereocenters. The Labute approximate surface area is 199 Å². The van der Waals surface area contributed by atoms with Crippen molar-refractivity contribution in [3.05, 3.63) is 66.0 Å². The number of carbonyl (C=O) groups is 1. The normalized spacial score (nSPS) is 16.0. The fraction of sp³-hybridized carbons (Fsp3) is 0.200. The highest BCUT2D eigenvalue weighted by atomic mass is 19.1. The Morgan fingerprint density at radius 2 is 1.86 bits per heavy atom. The molecular weight excluding hydrogens is 452 g/mol. The number of rotatable bonds is 4. The number of halogens is 2. The van der Waals surface area contributed by atoms with E-state index in [9.17, 15) is 13.6 Å². The number of carbonyl (C=O) groups excluding carboxylic acids is 1. The molecule has 1 amide bonds. The lowest BCUT2D eigenvalue weighted by Gasteiger charge is -2.33. The number of piperidine rings is 1. The van der Waals surface area contributed by atoms with Gasteiger partial charge in [0.2, 0.25) is 5.91 Å². The number of hydrogen-bond donors (Lipinski definition) is 3. The maximum atomic E-state index is 15.0. The van der Waals surface area contributed by atoms with Crippen LogP contribution in [0.2, 0.25) is 0 Å². The van der Waals surface area contributed by atoms with Crippen LogP contribution in [0.5, 0.6) is 0 Å². The molecule has 3 aromatic heterocycles. The molecule has 5 rings (SSSR count). The first kappa shape index (κ1) is 22.6. The van der Waals surface area contributed by atoms with Crippen molar-refractivity contribution in [2.24, 2.45) is 11.5 Å². The Bertz CT molecular complexity index is 1460. The van der Waals surface area contributed by atoms with E-state index in [0.29, 0.717) is 46.8 Å². The summed E-state index contributed by atoms with van der Waals surface area (Å²) in [5.74, 6) is -1.71. The number of amides is 1. The van der Waals surface area contributed by atoms with Crippen molar-refractivity contribution in [3.63, 3.8) is 0 Å². The number of fused-ring (bicyclic) bond motifs is 1. The fourth-order valence-electron chi connectivity index (χ4n) is 4.42. The summed E-state index contributed by atoms with van der Waals surface area (Å²) < 4.78 is 29.6. The van der Waals surface area contributed by atoms with Crippen LogP contribution >= 0.6 is 0 Å². The van der Waals surface area contributed by atoms with E-state index in [1.165, 1.54) is 24.5 Å². The Morgan fingerprint density at radius 1 is 1.03 bits per heavy atom. The molecule has 1 aliphatic heterocycles. The summed E-state index contributed by atoms with van der Waals surface area (Å²) >= 11 is 0. The van der Waals surface area contributed by atoms with Gasteiger partial charge in [0.15, 0.2) is 5.82 Å². The van der Waals surface area contributed by atoms with Gasteiger partial charge in [0.25, 0.3) is 0 Å². The second kappa shape index (κ2) is 8.88. The van der Waals surface area contributed by atoms with Crippen LogP contribution in [0.4, 0.5) is 20.2 Å². The average Bonchev–Trinajstić information content (AvgIpc) is 2.84. The number of hydrogen-bond acceptors (Lipinski definition) is 7. The SMILES string of the molecule is NC(=O)c1ccc(F)c(-c2ccc(N)c(-c3cc4c(N5CCCC(N)C5)c(F)cnc4cn3)n2)c1. The molecule has 4 heterocycles. The zero-order valence-electron chi connectivity index (χ0n) is 18.7. The molecule has 6 N–H and O–H groups in total. The molecule has 1 aliphatic rings. The van der Waals surface area contributed by atoms with Crippen molar-refractivity contribution in [3.8, 4) is 22.6 Å². The molecule has 0 aliphatic carbocycles. The number of nitrogens with zero attached hydrogens (tertiary/aromatic N) is 4. The van der Waals surface area contributed by atoms with Gasteiger partial charge in [-0.05, 0) is 49.2 Å². The van der Waals surface area contributed by atoms with E-state index >= 15 is 0 Å². The zero-order chi connectivity index (χ0) is 24.7. The standard InChI is InChI=1S/C25H23F2N7O/c26-17-4-3-13(25(30)35)8-15(17)20-6-5-19(29)23(33-20)21-9-16-22(11-32-21)31-10-18(27)24(16)34-7-1-2-14(28)12-34/h3-6,8-11,14H,1-2,7,12,28-29H2,(H2,30,35). The van der Waals surface area contributed by atoms with Gasteiger partial charge in [0.1, 0.15) is 11.5 Å². The predicted octanol–water partition coefficient (Wildman–Crippen LogP) is 3.25. The van der Waals surface area contributed by atoms with Crippen molar-refractivity contribution in [1.82, 2.24) is 15.0 Å². The third-order valence-electron chi connectivity index (χ3n) is 6.15. The minimum absolute atomic E-state index is 0.0484. The summed E-state index contributed by atoms with van der Waals surface area (Å²) in [4.78, 5) is 26.6. The summed E-state index contributed by atoms with van der Waals surface area (Å²) in [6.45, 7) is 1.20. The number of benzene rings is 1. The minimum atomic E-state index is -0.683. The monoisotopic (exact) mass is 475 g/mol. The van der Waals surface area contributed by atoms with E-state index in [2.05, 4.69) is 15.0 Å². The third kappa shape index (κ3) is 4.24. The molecule has 178 valence electrons. The van der Waals surface area contributed by atoms with Gasteiger partial charge >= 0.3 is 0 Å². The van der Waals surface area contributed by atoms with E-state index in [0.717, 1.165) is 18.9 Å². The van der Waals surface area contributed by atoms with Crippen molar-refractivity contribution >= 4 is 28.2 Å². The maximum Gasteiger partial charge on any atom is 0.248 e. The molecule has 0 bridgehead atoms. The number of anilines is 2. The highest BCUT2D eigenvalue weighted by molar-refractivity contribution is 5.95. The summed E-state index contributed by atoms with van der Waals surface area (Å²) in [5, 5.41) is 0.553. The lowest BCUT2D eigenvalue weighted by atomic mass is 10.0. The van der Waals surface area contributed by atoms with Crippen LogP contribution in [-0.4, -0.2) is 40.0 Å². The summed E-state index contributed by atoms with van der Waals surface area (Å²) in [7, 11) is 0. The van der Waals surface area contributed by atoms with Gasteiger partial charge in [-0.3, -0.25) is 14.8 Å². The van der Waals surface area contributed by atoms with Gasteiger partial charge in [0.05, 0.1) is 40.7 Å². The van der Waals surface area contributed by atoms with Crippen LogP contribution < -0.4 is 22.1 Å². The van der Waals surface area contributed by atoms with Crippen molar-refractivity contribution in [2.45, 2.75) is 18.9 Å². The van der Waals surface area contributed by atoms with E-state index < -0.39 is 17.5 Å². The molecule has 0 saturated carbocycles. The van der Waals surface area contributed by atoms with Crippen LogP contribution in [0.3, 0.4) is 0 Å². The van der Waals surface area contributed by atoms with E-state index in [1.54, 1.807) is 18.2 Å². The summed E-state index contributed by atoms with van der Waals surface area (Å²) in [6.07, 6.45) is 4.45. The van der Waals surface area contributed by atoms with Gasteiger partial charge in [-0.15, -0.1) is 0 Å². The summed E-state index contributed by atoms with van der Waals surface area (Å²) in [6, 6.07) is 8.56. The van der Waals surface area contributed by atoms with E-state index in [4.69, 9.17) is 17.2 Å². The molecular formula is C25H23F2N7O. The quantitative estimate of drug-likeness (QED) is 0.412.